The third-order valence-corrected chi connectivity index (χ3v) is 6.80. The molecule has 0 aliphatic heterocycles. The van der Waals surface area contributed by atoms with Crippen molar-refractivity contribution in [2.24, 2.45) is 0 Å². The maximum atomic E-state index is 12.2. The Morgan fingerprint density at radius 3 is 2.17 bits per heavy atom. The topological polar surface area (TPSA) is 62.6 Å². The summed E-state index contributed by atoms with van der Waals surface area (Å²) in [6.45, 7) is 7.52. The lowest BCUT2D eigenvalue weighted by Crippen LogP contribution is -2.27. The van der Waals surface area contributed by atoms with E-state index in [0.717, 1.165) is 57.1 Å². The van der Waals surface area contributed by atoms with Crippen LogP contribution in [-0.4, -0.2) is 35.1 Å². The third kappa shape index (κ3) is 6.39. The number of carbonyl (C=O) groups is 1. The quantitative estimate of drug-likeness (QED) is 0.170. The average Bonchev–Trinajstić information content (AvgIpc) is 3.39. The van der Waals surface area contributed by atoms with Gasteiger partial charge in [0.25, 0.3) is 0 Å². The fourth-order valence-electron chi connectivity index (χ4n) is 5.01. The van der Waals surface area contributed by atoms with Crippen LogP contribution in [0.15, 0.2) is 103 Å². The number of nitrogens with zero attached hydrogens (tertiary/aromatic N) is 2. The molecule has 0 spiro atoms. The van der Waals surface area contributed by atoms with Crippen molar-refractivity contribution in [2.75, 3.05) is 13.7 Å². The van der Waals surface area contributed by atoms with E-state index in [4.69, 9.17) is 19.3 Å². The summed E-state index contributed by atoms with van der Waals surface area (Å²) >= 11 is 0. The number of rotatable bonds is 9. The first-order chi connectivity index (χ1) is 20.3. The van der Waals surface area contributed by atoms with E-state index in [1.54, 1.807) is 7.11 Å². The highest BCUT2D eigenvalue weighted by Gasteiger charge is 2.22. The summed E-state index contributed by atoms with van der Waals surface area (Å²) in [5.41, 5.74) is 7.59. The summed E-state index contributed by atoms with van der Waals surface area (Å²) in [4.78, 5) is 12.2. The van der Waals surface area contributed by atoms with Crippen LogP contribution in [0.3, 0.4) is 0 Å². The molecule has 0 aliphatic rings. The Labute approximate surface area is 247 Å². The van der Waals surface area contributed by atoms with Crippen molar-refractivity contribution in [2.45, 2.75) is 39.7 Å². The van der Waals surface area contributed by atoms with Crippen LogP contribution in [0.1, 0.15) is 33.4 Å². The van der Waals surface area contributed by atoms with E-state index < -0.39 is 11.6 Å². The minimum Gasteiger partial charge on any atom is -0.497 e. The number of ether oxygens (including phenoxy) is 3. The Hall–Kier alpha value is -4.84. The molecule has 1 heterocycles. The fraction of sp³-hybridized carbons (Fsp3) is 0.222. The normalized spacial score (nSPS) is 11.3. The van der Waals surface area contributed by atoms with E-state index in [0.29, 0.717) is 5.75 Å². The molecule has 0 saturated heterocycles. The van der Waals surface area contributed by atoms with Gasteiger partial charge in [-0.05, 0) is 80.8 Å². The molecule has 0 atom stereocenters. The van der Waals surface area contributed by atoms with E-state index in [1.165, 1.54) is 0 Å². The first kappa shape index (κ1) is 28.7. The standard InChI is InChI=1S/C36H36N2O4/c1-6-31-34(25-13-8-7-9-14-25)35(26-19-21-28(40-5)22-20-26)37-38(31)32-18-11-10-17-30(32)27-15-12-16-29(23-27)41-24-33(39)42-36(2,3)4/h7-23H,6,24H2,1-5H3. The van der Waals surface area contributed by atoms with E-state index in [-0.39, 0.29) is 6.61 Å². The highest BCUT2D eigenvalue weighted by molar-refractivity contribution is 5.84. The van der Waals surface area contributed by atoms with Gasteiger partial charge in [-0.3, -0.25) is 0 Å². The Balaban J connectivity index is 1.59. The summed E-state index contributed by atoms with van der Waals surface area (Å²) in [6, 6.07) is 34.4. The van der Waals surface area contributed by atoms with Gasteiger partial charge in [0, 0.05) is 16.7 Å². The second kappa shape index (κ2) is 12.4. The zero-order chi connectivity index (χ0) is 29.7. The van der Waals surface area contributed by atoms with Gasteiger partial charge in [-0.1, -0.05) is 67.6 Å². The van der Waals surface area contributed by atoms with Gasteiger partial charge in [0.15, 0.2) is 6.61 Å². The zero-order valence-corrected chi connectivity index (χ0v) is 24.8. The minimum atomic E-state index is -0.564. The monoisotopic (exact) mass is 560 g/mol. The Morgan fingerprint density at radius 1 is 0.786 bits per heavy atom. The van der Waals surface area contributed by atoms with Crippen molar-refractivity contribution in [3.05, 3.63) is 109 Å². The highest BCUT2D eigenvalue weighted by atomic mass is 16.6. The second-order valence-electron chi connectivity index (χ2n) is 11.0. The molecular formula is C36H36N2O4. The maximum absolute atomic E-state index is 12.2. The predicted octanol–water partition coefficient (Wildman–Crippen LogP) is 8.16. The van der Waals surface area contributed by atoms with Crippen LogP contribution in [0.5, 0.6) is 11.5 Å². The lowest BCUT2D eigenvalue weighted by molar-refractivity contribution is -0.157. The first-order valence-electron chi connectivity index (χ1n) is 14.1. The molecule has 6 nitrogen and oxygen atoms in total. The molecule has 0 unspecified atom stereocenters. The van der Waals surface area contributed by atoms with Gasteiger partial charge in [0.1, 0.15) is 22.8 Å². The summed E-state index contributed by atoms with van der Waals surface area (Å²) in [6.07, 6.45) is 0.779. The van der Waals surface area contributed by atoms with Crippen LogP contribution >= 0.6 is 0 Å². The van der Waals surface area contributed by atoms with Crippen molar-refractivity contribution in [3.63, 3.8) is 0 Å². The van der Waals surface area contributed by atoms with Crippen LogP contribution in [0.4, 0.5) is 0 Å². The molecule has 6 heteroatoms. The average molecular weight is 561 g/mol. The van der Waals surface area contributed by atoms with Crippen LogP contribution in [-0.2, 0) is 16.0 Å². The summed E-state index contributed by atoms with van der Waals surface area (Å²) in [5.74, 6) is 0.986. The SMILES string of the molecule is CCc1c(-c2ccccc2)c(-c2ccc(OC)cc2)nn1-c1ccccc1-c1cccc(OCC(=O)OC(C)(C)C)c1. The molecule has 0 amide bonds. The predicted molar refractivity (Wildman–Crippen MR) is 167 cm³/mol. The third-order valence-electron chi connectivity index (χ3n) is 6.80. The number of esters is 1. The molecule has 0 aliphatic carbocycles. The molecule has 0 N–H and O–H groups in total. The van der Waals surface area contributed by atoms with Gasteiger partial charge in [-0.25, -0.2) is 9.48 Å². The van der Waals surface area contributed by atoms with Gasteiger partial charge in [0.2, 0.25) is 0 Å². The summed E-state index contributed by atoms with van der Waals surface area (Å²) < 4.78 is 18.7. The van der Waals surface area contributed by atoms with Crippen LogP contribution in [0.25, 0.3) is 39.2 Å². The van der Waals surface area contributed by atoms with Crippen molar-refractivity contribution in [1.82, 2.24) is 9.78 Å². The smallest absolute Gasteiger partial charge is 0.344 e. The molecule has 0 fully saturated rings. The van der Waals surface area contributed by atoms with Gasteiger partial charge in [-0.2, -0.15) is 5.10 Å². The van der Waals surface area contributed by atoms with Crippen LogP contribution in [0.2, 0.25) is 0 Å². The summed E-state index contributed by atoms with van der Waals surface area (Å²) in [7, 11) is 1.67. The zero-order valence-electron chi connectivity index (χ0n) is 24.8. The number of methoxy groups -OCH3 is 1. The number of hydrogen-bond donors (Lipinski definition) is 0. The Morgan fingerprint density at radius 2 is 1.48 bits per heavy atom. The van der Waals surface area contributed by atoms with Crippen molar-refractivity contribution >= 4 is 5.97 Å². The molecule has 5 aromatic rings. The molecule has 5 rings (SSSR count). The first-order valence-corrected chi connectivity index (χ1v) is 14.1. The molecule has 214 valence electrons. The summed E-state index contributed by atoms with van der Waals surface area (Å²) in [5, 5.41) is 5.24. The number of carbonyl (C=O) groups excluding carboxylic acids is 1. The Kier molecular flexibility index (Phi) is 8.43. The van der Waals surface area contributed by atoms with Crippen LogP contribution < -0.4 is 9.47 Å². The Bertz CT molecular complexity index is 1670. The van der Waals surface area contributed by atoms with Crippen molar-refractivity contribution < 1.29 is 19.0 Å². The fourth-order valence-corrected chi connectivity index (χ4v) is 5.01. The molecule has 0 bridgehead atoms. The maximum Gasteiger partial charge on any atom is 0.344 e. The number of benzene rings is 4. The van der Waals surface area contributed by atoms with Crippen LogP contribution in [0, 0.1) is 0 Å². The highest BCUT2D eigenvalue weighted by Crippen LogP contribution is 2.39. The molecule has 42 heavy (non-hydrogen) atoms. The van der Waals surface area contributed by atoms with E-state index in [9.17, 15) is 4.79 Å². The van der Waals surface area contributed by atoms with E-state index >= 15 is 0 Å². The molecular weight excluding hydrogens is 524 g/mol. The minimum absolute atomic E-state index is 0.160. The van der Waals surface area contributed by atoms with E-state index in [2.05, 4.69) is 60.1 Å². The second-order valence-corrected chi connectivity index (χ2v) is 11.0. The van der Waals surface area contributed by atoms with E-state index in [1.807, 2.05) is 75.4 Å². The largest absolute Gasteiger partial charge is 0.497 e. The van der Waals surface area contributed by atoms with Gasteiger partial charge in [-0.15, -0.1) is 0 Å². The van der Waals surface area contributed by atoms with Crippen molar-refractivity contribution in [3.8, 4) is 50.7 Å². The molecule has 4 aromatic carbocycles. The lowest BCUT2D eigenvalue weighted by atomic mass is 9.97. The van der Waals surface area contributed by atoms with Crippen molar-refractivity contribution in [1.29, 1.82) is 0 Å². The van der Waals surface area contributed by atoms with Gasteiger partial charge < -0.3 is 14.2 Å². The molecule has 0 saturated carbocycles. The van der Waals surface area contributed by atoms with Gasteiger partial charge in [0.05, 0.1) is 18.5 Å². The lowest BCUT2D eigenvalue weighted by Gasteiger charge is -2.19. The number of para-hydroxylation sites is 1. The van der Waals surface area contributed by atoms with Gasteiger partial charge >= 0.3 is 5.97 Å². The number of hydrogen-bond acceptors (Lipinski definition) is 5. The molecule has 1 aromatic heterocycles. The number of aromatic nitrogens is 2. The molecule has 0 radical (unpaired) electrons.